The molecule has 0 aliphatic heterocycles. The molecule has 0 radical (unpaired) electrons. The Bertz CT molecular complexity index is 808. The Morgan fingerprint density at radius 1 is 1.24 bits per heavy atom. The van der Waals surface area contributed by atoms with E-state index in [1.165, 1.54) is 0 Å². The van der Waals surface area contributed by atoms with Crippen molar-refractivity contribution in [1.82, 2.24) is 24.6 Å². The molecule has 0 saturated heterocycles. The van der Waals surface area contributed by atoms with Crippen LogP contribution in [0.2, 0.25) is 0 Å². The molecule has 2 N–H and O–H groups in total. The second kappa shape index (κ2) is 7.96. The van der Waals surface area contributed by atoms with Gasteiger partial charge in [0.15, 0.2) is 0 Å². The van der Waals surface area contributed by atoms with Crippen molar-refractivity contribution in [2.75, 3.05) is 11.9 Å². The van der Waals surface area contributed by atoms with Gasteiger partial charge in [0, 0.05) is 30.5 Å². The van der Waals surface area contributed by atoms with Crippen molar-refractivity contribution in [3.63, 3.8) is 0 Å². The first-order valence-electron chi connectivity index (χ1n) is 8.48. The van der Waals surface area contributed by atoms with Gasteiger partial charge < -0.3 is 5.32 Å². The number of urea groups is 1. The van der Waals surface area contributed by atoms with Gasteiger partial charge in [0.05, 0.1) is 11.7 Å². The van der Waals surface area contributed by atoms with Crippen molar-refractivity contribution < 1.29 is 4.79 Å². The van der Waals surface area contributed by atoms with E-state index in [-0.39, 0.29) is 17.8 Å². The average molecular weight is 346 g/mol. The van der Waals surface area contributed by atoms with Crippen LogP contribution in [-0.4, -0.2) is 31.9 Å². The molecule has 2 aromatic rings. The van der Waals surface area contributed by atoms with Gasteiger partial charge in [0.1, 0.15) is 5.82 Å². The van der Waals surface area contributed by atoms with Crippen molar-refractivity contribution in [2.24, 2.45) is 0 Å². The van der Waals surface area contributed by atoms with Gasteiger partial charge in [-0.3, -0.25) is 9.88 Å². The lowest BCUT2D eigenvalue weighted by atomic mass is 10.3. The minimum Gasteiger partial charge on any atom is -0.336 e. The fourth-order valence-corrected chi connectivity index (χ4v) is 2.61. The maximum atomic E-state index is 12.1. The molecule has 136 valence electrons. The summed E-state index contributed by atoms with van der Waals surface area (Å²) in [4.78, 5) is 27.9. The van der Waals surface area contributed by atoms with Crippen molar-refractivity contribution in [3.8, 4) is 0 Å². The molecule has 0 aromatic carbocycles. The third-order valence-electron chi connectivity index (χ3n) is 4.08. The average Bonchev–Trinajstić information content (AvgIpc) is 2.89. The van der Waals surface area contributed by atoms with E-state index >= 15 is 0 Å². The number of aryl methyl sites for hydroxylation is 3. The van der Waals surface area contributed by atoms with Crippen LogP contribution >= 0.6 is 0 Å². The summed E-state index contributed by atoms with van der Waals surface area (Å²) in [6.45, 7) is 10.3. The highest BCUT2D eigenvalue weighted by Crippen LogP contribution is 2.18. The lowest BCUT2D eigenvalue weighted by molar-refractivity contribution is 0.251. The summed E-state index contributed by atoms with van der Waals surface area (Å²) in [6.07, 6.45) is 0.917. The number of nitrogens with one attached hydrogen (secondary N) is 2. The number of nitrogens with zero attached hydrogens (tertiary/aromatic N) is 4. The second-order valence-corrected chi connectivity index (χ2v) is 6.23. The number of hydrogen-bond donors (Lipinski definition) is 2. The van der Waals surface area contributed by atoms with E-state index in [0.29, 0.717) is 24.6 Å². The SMILES string of the molecule is CC[C@H](C)n1nc(C)cc1NC(=O)NCCn1c(C)cc(C)nc1=O. The molecular formula is C17H26N6O2. The molecular weight excluding hydrogens is 320 g/mol. The molecule has 8 heteroatoms. The van der Waals surface area contributed by atoms with E-state index in [0.717, 1.165) is 17.8 Å². The van der Waals surface area contributed by atoms with E-state index in [1.807, 2.05) is 30.7 Å². The topological polar surface area (TPSA) is 93.8 Å². The van der Waals surface area contributed by atoms with Gasteiger partial charge in [0.25, 0.3) is 0 Å². The van der Waals surface area contributed by atoms with Crippen LogP contribution in [0.15, 0.2) is 16.9 Å². The normalized spacial score (nSPS) is 12.0. The molecule has 2 heterocycles. The quantitative estimate of drug-likeness (QED) is 0.838. The van der Waals surface area contributed by atoms with Gasteiger partial charge in [0.2, 0.25) is 0 Å². The van der Waals surface area contributed by atoms with Crippen molar-refractivity contribution in [2.45, 2.75) is 53.6 Å². The number of amides is 2. The largest absolute Gasteiger partial charge is 0.348 e. The Balaban J connectivity index is 1.95. The summed E-state index contributed by atoms with van der Waals surface area (Å²) in [5, 5.41) is 10.00. The summed E-state index contributed by atoms with van der Waals surface area (Å²) in [6, 6.07) is 3.55. The standard InChI is InChI=1S/C17H26N6O2/c1-6-13(4)23-15(10-12(3)21-23)20-16(24)18-7-8-22-14(5)9-11(2)19-17(22)25/h9-10,13H,6-8H2,1-5H3,(H2,18,20,24)/t13-/m0/s1. The Labute approximate surface area is 147 Å². The van der Waals surface area contributed by atoms with E-state index in [1.54, 1.807) is 11.5 Å². The van der Waals surface area contributed by atoms with E-state index in [9.17, 15) is 9.59 Å². The third-order valence-corrected chi connectivity index (χ3v) is 4.08. The lowest BCUT2D eigenvalue weighted by Gasteiger charge is -2.15. The maximum Gasteiger partial charge on any atom is 0.348 e. The Morgan fingerprint density at radius 2 is 1.96 bits per heavy atom. The molecule has 0 aliphatic rings. The summed E-state index contributed by atoms with van der Waals surface area (Å²) in [7, 11) is 0. The molecule has 8 nitrogen and oxygen atoms in total. The van der Waals surface area contributed by atoms with Crippen LogP contribution < -0.4 is 16.3 Å². The van der Waals surface area contributed by atoms with Crippen LogP contribution in [-0.2, 0) is 6.54 Å². The van der Waals surface area contributed by atoms with Crippen LogP contribution in [0.3, 0.4) is 0 Å². The van der Waals surface area contributed by atoms with Gasteiger partial charge in [-0.15, -0.1) is 0 Å². The molecule has 25 heavy (non-hydrogen) atoms. The number of anilines is 1. The first-order valence-corrected chi connectivity index (χ1v) is 8.48. The van der Waals surface area contributed by atoms with Crippen LogP contribution in [0, 0.1) is 20.8 Å². The molecule has 0 bridgehead atoms. The number of carbonyl (C=O) groups excluding carboxylic acids is 1. The Morgan fingerprint density at radius 3 is 2.60 bits per heavy atom. The van der Waals surface area contributed by atoms with Crippen molar-refractivity contribution >= 4 is 11.8 Å². The third kappa shape index (κ3) is 4.68. The van der Waals surface area contributed by atoms with Gasteiger partial charge in [-0.2, -0.15) is 10.1 Å². The number of rotatable bonds is 6. The minimum atomic E-state index is -0.324. The highest BCUT2D eigenvalue weighted by molar-refractivity contribution is 5.88. The predicted molar refractivity (Wildman–Crippen MR) is 97.0 cm³/mol. The summed E-state index contributed by atoms with van der Waals surface area (Å²) in [5.74, 6) is 0.662. The van der Waals surface area contributed by atoms with Crippen LogP contribution in [0.4, 0.5) is 10.6 Å². The zero-order valence-corrected chi connectivity index (χ0v) is 15.5. The summed E-state index contributed by atoms with van der Waals surface area (Å²) >= 11 is 0. The first kappa shape index (κ1) is 18.7. The molecule has 2 rings (SSSR count). The van der Waals surface area contributed by atoms with Gasteiger partial charge in [-0.1, -0.05) is 6.92 Å². The van der Waals surface area contributed by atoms with Gasteiger partial charge >= 0.3 is 11.7 Å². The molecule has 1 atom stereocenters. The van der Waals surface area contributed by atoms with Crippen LogP contribution in [0.1, 0.15) is 43.4 Å². The molecule has 0 fully saturated rings. The first-order chi connectivity index (χ1) is 11.8. The predicted octanol–water partition coefficient (Wildman–Crippen LogP) is 2.16. The fraction of sp³-hybridized carbons (Fsp3) is 0.529. The molecule has 0 unspecified atom stereocenters. The zero-order valence-electron chi connectivity index (χ0n) is 15.5. The van der Waals surface area contributed by atoms with Crippen molar-refractivity contribution in [3.05, 3.63) is 39.7 Å². The maximum absolute atomic E-state index is 12.1. The summed E-state index contributed by atoms with van der Waals surface area (Å²) in [5.41, 5.74) is 2.07. The molecule has 0 saturated carbocycles. The second-order valence-electron chi connectivity index (χ2n) is 6.23. The lowest BCUT2D eigenvalue weighted by Crippen LogP contribution is -2.35. The van der Waals surface area contributed by atoms with Crippen LogP contribution in [0.25, 0.3) is 0 Å². The smallest absolute Gasteiger partial charge is 0.336 e. The van der Waals surface area contributed by atoms with Gasteiger partial charge in [-0.05, 0) is 40.2 Å². The Hall–Kier alpha value is -2.64. The van der Waals surface area contributed by atoms with Gasteiger partial charge in [-0.25, -0.2) is 14.3 Å². The van der Waals surface area contributed by atoms with Crippen molar-refractivity contribution in [1.29, 1.82) is 0 Å². The molecule has 2 amide bonds. The number of hydrogen-bond acceptors (Lipinski definition) is 4. The van der Waals surface area contributed by atoms with Crippen LogP contribution in [0.5, 0.6) is 0 Å². The number of carbonyl (C=O) groups is 1. The Kier molecular flexibility index (Phi) is 5.95. The van der Waals surface area contributed by atoms with E-state index in [4.69, 9.17) is 0 Å². The summed E-state index contributed by atoms with van der Waals surface area (Å²) < 4.78 is 3.36. The monoisotopic (exact) mass is 346 g/mol. The highest BCUT2D eigenvalue weighted by Gasteiger charge is 2.13. The fourth-order valence-electron chi connectivity index (χ4n) is 2.61. The number of aromatic nitrogens is 4. The molecule has 0 spiro atoms. The van der Waals surface area contributed by atoms with E-state index < -0.39 is 0 Å². The molecule has 2 aromatic heterocycles. The zero-order chi connectivity index (χ0) is 18.6. The minimum absolute atomic E-state index is 0.198. The van der Waals surface area contributed by atoms with E-state index in [2.05, 4.69) is 34.6 Å². The molecule has 0 aliphatic carbocycles. The highest BCUT2D eigenvalue weighted by atomic mass is 16.2.